The number of benzene rings is 2. The first-order chi connectivity index (χ1) is 14.0. The van der Waals surface area contributed by atoms with E-state index in [1.807, 2.05) is 30.3 Å². The molecule has 0 unspecified atom stereocenters. The lowest BCUT2D eigenvalue weighted by Gasteiger charge is -2.38. The van der Waals surface area contributed by atoms with Gasteiger partial charge in [0.1, 0.15) is 18.5 Å². The molecule has 4 rings (SSSR count). The van der Waals surface area contributed by atoms with Gasteiger partial charge in [0.2, 0.25) is 0 Å². The van der Waals surface area contributed by atoms with E-state index in [0.717, 1.165) is 5.56 Å². The van der Waals surface area contributed by atoms with Gasteiger partial charge in [-0.25, -0.2) is 14.0 Å². The third kappa shape index (κ3) is 4.02. The molecule has 0 bridgehead atoms. The summed E-state index contributed by atoms with van der Waals surface area (Å²) in [7, 11) is 0. The number of ether oxygens (including phenoxy) is 2. The summed E-state index contributed by atoms with van der Waals surface area (Å²) < 4.78 is 25.0. The Morgan fingerprint density at radius 2 is 1.93 bits per heavy atom. The van der Waals surface area contributed by atoms with E-state index >= 15 is 0 Å². The van der Waals surface area contributed by atoms with Crippen molar-refractivity contribution < 1.29 is 23.5 Å². The van der Waals surface area contributed by atoms with Crippen molar-refractivity contribution in [2.45, 2.75) is 18.6 Å². The van der Waals surface area contributed by atoms with Crippen molar-refractivity contribution in [3.8, 4) is 0 Å². The second-order valence-corrected chi connectivity index (χ2v) is 7.20. The molecular weight excluding hydrogens is 377 g/mol. The minimum Gasteiger partial charge on any atom is -0.445 e. The number of carbonyl (C=O) groups is 2. The average Bonchev–Trinajstić information content (AvgIpc) is 3.08. The number of carbonyl (C=O) groups excluding carboxylic acids is 2. The van der Waals surface area contributed by atoms with Gasteiger partial charge < -0.3 is 20.1 Å². The van der Waals surface area contributed by atoms with E-state index in [1.165, 1.54) is 11.0 Å². The number of cyclic esters (lactones) is 1. The first-order valence-electron chi connectivity index (χ1n) is 9.48. The summed E-state index contributed by atoms with van der Waals surface area (Å²) in [6, 6.07) is 14.1. The summed E-state index contributed by atoms with van der Waals surface area (Å²) in [5, 5.41) is 0. The highest BCUT2D eigenvalue weighted by Gasteiger charge is 2.36. The average molecular weight is 399 g/mol. The van der Waals surface area contributed by atoms with Crippen molar-refractivity contribution in [3.63, 3.8) is 0 Å². The standard InChI is InChI=1S/C21H22FN3O4/c22-19-8-16(25-12-17(9-23)29-21(25)27)6-7-18(19)15-10-24(11-15)20(26)28-13-14-4-2-1-3-5-14/h1-8,15,17H,9-13,23H2/t17-/m0/s1. The van der Waals surface area contributed by atoms with Gasteiger partial charge in [0.15, 0.2) is 0 Å². The van der Waals surface area contributed by atoms with Crippen molar-refractivity contribution in [3.05, 3.63) is 65.5 Å². The number of likely N-dealkylation sites (tertiary alicyclic amines) is 1. The van der Waals surface area contributed by atoms with Crippen molar-refractivity contribution in [2.24, 2.45) is 5.73 Å². The predicted octanol–water partition coefficient (Wildman–Crippen LogP) is 2.85. The number of amides is 2. The summed E-state index contributed by atoms with van der Waals surface area (Å²) in [5.41, 5.74) is 7.39. The highest BCUT2D eigenvalue weighted by molar-refractivity contribution is 5.89. The second kappa shape index (κ2) is 8.08. The molecule has 2 aliphatic heterocycles. The topological polar surface area (TPSA) is 85.1 Å². The number of halogens is 1. The molecule has 2 fully saturated rings. The number of hydrogen-bond acceptors (Lipinski definition) is 5. The van der Waals surface area contributed by atoms with Crippen molar-refractivity contribution >= 4 is 17.9 Å². The molecule has 2 saturated heterocycles. The van der Waals surface area contributed by atoms with Crippen LogP contribution in [0.25, 0.3) is 0 Å². The summed E-state index contributed by atoms with van der Waals surface area (Å²) >= 11 is 0. The maximum Gasteiger partial charge on any atom is 0.414 e. The molecule has 2 amide bonds. The maximum atomic E-state index is 14.6. The predicted molar refractivity (Wildman–Crippen MR) is 104 cm³/mol. The number of nitrogens with zero attached hydrogens (tertiary/aromatic N) is 2. The lowest BCUT2D eigenvalue weighted by molar-refractivity contribution is 0.0658. The largest absolute Gasteiger partial charge is 0.445 e. The fourth-order valence-corrected chi connectivity index (χ4v) is 3.51. The molecule has 2 N–H and O–H groups in total. The molecular formula is C21H22FN3O4. The maximum absolute atomic E-state index is 14.6. The zero-order valence-corrected chi connectivity index (χ0v) is 15.8. The minimum atomic E-state index is -0.524. The lowest BCUT2D eigenvalue weighted by atomic mass is 9.91. The highest BCUT2D eigenvalue weighted by atomic mass is 19.1. The van der Waals surface area contributed by atoms with Crippen LogP contribution in [0.1, 0.15) is 17.0 Å². The first kappa shape index (κ1) is 19.2. The van der Waals surface area contributed by atoms with Crippen LogP contribution in [0.15, 0.2) is 48.5 Å². The van der Waals surface area contributed by atoms with Crippen LogP contribution in [-0.2, 0) is 16.1 Å². The lowest BCUT2D eigenvalue weighted by Crippen LogP contribution is -2.48. The van der Waals surface area contributed by atoms with Crippen molar-refractivity contribution in [1.29, 1.82) is 0 Å². The van der Waals surface area contributed by atoms with E-state index in [4.69, 9.17) is 15.2 Å². The number of rotatable bonds is 5. The molecule has 0 aromatic heterocycles. The van der Waals surface area contributed by atoms with Gasteiger partial charge in [-0.1, -0.05) is 36.4 Å². The Kier molecular flexibility index (Phi) is 5.35. The van der Waals surface area contributed by atoms with E-state index in [9.17, 15) is 14.0 Å². The van der Waals surface area contributed by atoms with Gasteiger partial charge in [0.25, 0.3) is 0 Å². The van der Waals surface area contributed by atoms with Gasteiger partial charge in [-0.15, -0.1) is 0 Å². The van der Waals surface area contributed by atoms with Gasteiger partial charge in [-0.3, -0.25) is 4.90 Å². The molecule has 0 saturated carbocycles. The van der Waals surface area contributed by atoms with Gasteiger partial charge in [-0.2, -0.15) is 0 Å². The van der Waals surface area contributed by atoms with E-state index in [2.05, 4.69) is 0 Å². The van der Waals surface area contributed by atoms with Gasteiger partial charge in [-0.05, 0) is 23.3 Å². The van der Waals surface area contributed by atoms with Crippen molar-refractivity contribution in [1.82, 2.24) is 4.90 Å². The minimum absolute atomic E-state index is 0.101. The molecule has 0 spiro atoms. The molecule has 2 heterocycles. The van der Waals surface area contributed by atoms with Crippen molar-refractivity contribution in [2.75, 3.05) is 31.1 Å². The van der Waals surface area contributed by atoms with E-state index in [1.54, 1.807) is 17.0 Å². The summed E-state index contributed by atoms with van der Waals surface area (Å²) in [6.07, 6.45) is -1.31. The summed E-state index contributed by atoms with van der Waals surface area (Å²) in [6.45, 7) is 1.52. The highest BCUT2D eigenvalue weighted by Crippen LogP contribution is 2.32. The van der Waals surface area contributed by atoms with Crippen LogP contribution in [0, 0.1) is 5.82 Å². The number of hydrogen-bond donors (Lipinski definition) is 1. The summed E-state index contributed by atoms with van der Waals surface area (Å²) in [4.78, 5) is 26.9. The molecule has 0 radical (unpaired) electrons. The fourth-order valence-electron chi connectivity index (χ4n) is 3.51. The van der Waals surface area contributed by atoms with Gasteiger partial charge >= 0.3 is 12.2 Å². The molecule has 29 heavy (non-hydrogen) atoms. The molecule has 152 valence electrons. The van der Waals surface area contributed by atoms with Crippen LogP contribution < -0.4 is 10.6 Å². The van der Waals surface area contributed by atoms with E-state index < -0.39 is 18.0 Å². The van der Waals surface area contributed by atoms with Crippen LogP contribution in [0.4, 0.5) is 19.7 Å². The Morgan fingerprint density at radius 3 is 2.59 bits per heavy atom. The van der Waals surface area contributed by atoms with E-state index in [0.29, 0.717) is 30.9 Å². The van der Waals surface area contributed by atoms with Crippen LogP contribution in [0.5, 0.6) is 0 Å². The third-order valence-corrected chi connectivity index (χ3v) is 5.22. The smallest absolute Gasteiger partial charge is 0.414 e. The molecule has 2 aromatic carbocycles. The Balaban J connectivity index is 1.32. The van der Waals surface area contributed by atoms with E-state index in [-0.39, 0.29) is 25.2 Å². The first-order valence-corrected chi connectivity index (χ1v) is 9.48. The second-order valence-electron chi connectivity index (χ2n) is 7.20. The normalized spacial score (nSPS) is 19.1. The van der Waals surface area contributed by atoms with Crippen LogP contribution >= 0.6 is 0 Å². The SMILES string of the molecule is NC[C@H]1CN(c2ccc(C3CN(C(=O)OCc4ccccc4)C3)c(F)c2)C(=O)O1. The molecule has 7 nitrogen and oxygen atoms in total. The molecule has 1 atom stereocenters. The zero-order chi connectivity index (χ0) is 20.4. The monoisotopic (exact) mass is 399 g/mol. The Morgan fingerprint density at radius 1 is 1.17 bits per heavy atom. The Labute approximate surface area is 167 Å². The molecule has 8 heteroatoms. The fraction of sp³-hybridized carbons (Fsp3) is 0.333. The zero-order valence-electron chi connectivity index (χ0n) is 15.8. The molecule has 0 aliphatic carbocycles. The van der Waals surface area contributed by atoms with Gasteiger partial charge in [0.05, 0.1) is 12.2 Å². The van der Waals surface area contributed by atoms with Crippen LogP contribution in [0.3, 0.4) is 0 Å². The van der Waals surface area contributed by atoms with Crippen LogP contribution in [0.2, 0.25) is 0 Å². The Hall–Kier alpha value is -3.13. The quantitative estimate of drug-likeness (QED) is 0.836. The summed E-state index contributed by atoms with van der Waals surface area (Å²) in [5.74, 6) is -0.510. The number of anilines is 1. The molecule has 2 aromatic rings. The van der Waals surface area contributed by atoms with Crippen LogP contribution in [-0.4, -0.2) is 49.4 Å². The van der Waals surface area contributed by atoms with Gasteiger partial charge in [0, 0.05) is 25.6 Å². The third-order valence-electron chi connectivity index (χ3n) is 5.22. The molecule has 2 aliphatic rings. The Bertz CT molecular complexity index is 902. The number of nitrogens with two attached hydrogens (primary N) is 1.